The fraction of sp³-hybridized carbons (Fsp3) is 0.100. The molecule has 3 aromatic rings. The Morgan fingerprint density at radius 3 is 2.56 bits per heavy atom. The highest BCUT2D eigenvalue weighted by Gasteiger charge is 2.06. The summed E-state index contributed by atoms with van der Waals surface area (Å²) < 4.78 is 20.2. The smallest absolute Gasteiger partial charge is 0.124 e. The van der Waals surface area contributed by atoms with Gasteiger partial charge in [-0.2, -0.15) is 0 Å². The summed E-state index contributed by atoms with van der Waals surface area (Å²) in [6.45, 7) is 0.866. The summed E-state index contributed by atoms with van der Waals surface area (Å²) in [5.74, 6) is 0.451. The molecule has 0 bridgehead atoms. The molecule has 0 radical (unpaired) electrons. The van der Waals surface area contributed by atoms with E-state index in [1.165, 1.54) is 12.1 Å². The zero-order valence-corrected chi connectivity index (χ0v) is 15.6. The van der Waals surface area contributed by atoms with Gasteiger partial charge in [0.25, 0.3) is 0 Å². The first-order valence-electron chi connectivity index (χ1n) is 7.75. The van der Waals surface area contributed by atoms with Gasteiger partial charge in [-0.05, 0) is 60.2 Å². The van der Waals surface area contributed by atoms with Crippen molar-refractivity contribution in [2.75, 3.05) is 5.32 Å². The first kappa shape index (κ1) is 17.8. The van der Waals surface area contributed by atoms with Crippen LogP contribution in [0.3, 0.4) is 0 Å². The molecule has 0 amide bonds. The van der Waals surface area contributed by atoms with E-state index in [4.69, 9.17) is 16.3 Å². The van der Waals surface area contributed by atoms with E-state index < -0.39 is 0 Å². The molecular formula is C20H16BrClFNO. The summed E-state index contributed by atoms with van der Waals surface area (Å²) in [7, 11) is 0. The topological polar surface area (TPSA) is 21.3 Å². The van der Waals surface area contributed by atoms with Gasteiger partial charge >= 0.3 is 0 Å². The molecule has 0 saturated heterocycles. The summed E-state index contributed by atoms with van der Waals surface area (Å²) in [4.78, 5) is 0. The monoisotopic (exact) mass is 419 g/mol. The van der Waals surface area contributed by atoms with Gasteiger partial charge in [0.15, 0.2) is 0 Å². The van der Waals surface area contributed by atoms with Crippen LogP contribution in [0.2, 0.25) is 5.02 Å². The molecule has 2 nitrogen and oxygen atoms in total. The van der Waals surface area contributed by atoms with Crippen LogP contribution in [-0.4, -0.2) is 0 Å². The Balaban J connectivity index is 1.70. The van der Waals surface area contributed by atoms with Crippen molar-refractivity contribution >= 4 is 33.2 Å². The third-order valence-corrected chi connectivity index (χ3v) is 4.40. The minimum absolute atomic E-state index is 0.269. The van der Waals surface area contributed by atoms with Crippen LogP contribution >= 0.6 is 27.5 Å². The minimum Gasteiger partial charge on any atom is -0.489 e. The molecule has 0 aliphatic heterocycles. The lowest BCUT2D eigenvalue weighted by Gasteiger charge is -2.14. The van der Waals surface area contributed by atoms with Crippen molar-refractivity contribution in [3.63, 3.8) is 0 Å². The van der Waals surface area contributed by atoms with Crippen LogP contribution in [-0.2, 0) is 13.2 Å². The number of hydrogen-bond acceptors (Lipinski definition) is 2. The molecule has 0 aromatic heterocycles. The third-order valence-electron chi connectivity index (χ3n) is 3.63. The maximum Gasteiger partial charge on any atom is 0.124 e. The summed E-state index contributed by atoms with van der Waals surface area (Å²) in [6.07, 6.45) is 0. The van der Waals surface area contributed by atoms with Crippen molar-refractivity contribution in [1.82, 2.24) is 0 Å². The highest BCUT2D eigenvalue weighted by molar-refractivity contribution is 9.10. The number of ether oxygens (including phenoxy) is 1. The Hall–Kier alpha value is -2.04. The number of anilines is 1. The Morgan fingerprint density at radius 1 is 1.00 bits per heavy atom. The van der Waals surface area contributed by atoms with Crippen molar-refractivity contribution in [3.8, 4) is 5.75 Å². The lowest BCUT2D eigenvalue weighted by molar-refractivity contribution is 0.302. The number of halogens is 3. The van der Waals surface area contributed by atoms with Crippen molar-refractivity contribution in [2.45, 2.75) is 13.2 Å². The molecule has 0 fully saturated rings. The molecule has 1 N–H and O–H groups in total. The third kappa shape index (κ3) is 5.21. The zero-order valence-electron chi connectivity index (χ0n) is 13.3. The van der Waals surface area contributed by atoms with Crippen LogP contribution in [0.15, 0.2) is 71.2 Å². The summed E-state index contributed by atoms with van der Waals surface area (Å²) in [6, 6.07) is 19.8. The van der Waals surface area contributed by atoms with Crippen molar-refractivity contribution < 1.29 is 9.13 Å². The second kappa shape index (κ2) is 8.37. The van der Waals surface area contributed by atoms with E-state index >= 15 is 0 Å². The van der Waals surface area contributed by atoms with Crippen molar-refractivity contribution in [3.05, 3.63) is 93.2 Å². The number of benzene rings is 3. The van der Waals surface area contributed by atoms with Gasteiger partial charge in [-0.3, -0.25) is 0 Å². The predicted octanol–water partition coefficient (Wildman–Crippen LogP) is 6.43. The Kier molecular flexibility index (Phi) is 5.95. The summed E-state index contributed by atoms with van der Waals surface area (Å²) in [5, 5.41) is 3.99. The molecule has 3 rings (SSSR count). The van der Waals surface area contributed by atoms with E-state index in [-0.39, 0.29) is 5.82 Å². The van der Waals surface area contributed by atoms with E-state index in [9.17, 15) is 4.39 Å². The molecule has 5 heteroatoms. The van der Waals surface area contributed by atoms with Gasteiger partial charge in [0.2, 0.25) is 0 Å². The van der Waals surface area contributed by atoms with Crippen LogP contribution in [0.4, 0.5) is 10.1 Å². The Morgan fingerprint density at radius 2 is 1.80 bits per heavy atom. The molecule has 0 spiro atoms. The number of rotatable bonds is 6. The fourth-order valence-corrected chi connectivity index (χ4v) is 2.84. The van der Waals surface area contributed by atoms with Gasteiger partial charge in [0, 0.05) is 27.3 Å². The largest absolute Gasteiger partial charge is 0.489 e. The van der Waals surface area contributed by atoms with Gasteiger partial charge in [-0.25, -0.2) is 4.39 Å². The Bertz CT molecular complexity index is 855. The first-order valence-corrected chi connectivity index (χ1v) is 8.92. The molecule has 0 aliphatic rings. The molecule has 0 saturated carbocycles. The van der Waals surface area contributed by atoms with E-state index in [0.29, 0.717) is 18.2 Å². The van der Waals surface area contributed by atoms with Crippen molar-refractivity contribution in [2.24, 2.45) is 0 Å². The average Bonchev–Trinajstić information content (AvgIpc) is 2.60. The molecule has 25 heavy (non-hydrogen) atoms. The van der Waals surface area contributed by atoms with E-state index in [1.807, 2.05) is 42.5 Å². The molecular weight excluding hydrogens is 405 g/mol. The zero-order chi connectivity index (χ0) is 17.6. The van der Waals surface area contributed by atoms with Crippen LogP contribution < -0.4 is 10.1 Å². The molecule has 3 aromatic carbocycles. The summed E-state index contributed by atoms with van der Waals surface area (Å²) in [5.41, 5.74) is 2.72. The van der Waals surface area contributed by atoms with E-state index in [2.05, 4.69) is 21.2 Å². The highest BCUT2D eigenvalue weighted by atomic mass is 79.9. The first-order chi connectivity index (χ1) is 12.1. The Labute approximate surface area is 159 Å². The SMILES string of the molecule is Fc1cccc(COc2ccc(Cl)cc2CNc2ccc(Br)cc2)c1. The number of nitrogens with one attached hydrogen (secondary N) is 1. The fourth-order valence-electron chi connectivity index (χ4n) is 2.38. The second-order valence-corrected chi connectivity index (χ2v) is 6.88. The second-order valence-electron chi connectivity index (χ2n) is 5.53. The van der Waals surface area contributed by atoms with Gasteiger partial charge in [0.05, 0.1) is 0 Å². The minimum atomic E-state index is -0.269. The maximum atomic E-state index is 13.3. The quantitative estimate of drug-likeness (QED) is 0.496. The predicted molar refractivity (Wildman–Crippen MR) is 104 cm³/mol. The molecule has 0 unspecified atom stereocenters. The lowest BCUT2D eigenvalue weighted by Crippen LogP contribution is -2.04. The van der Waals surface area contributed by atoms with Gasteiger partial charge < -0.3 is 10.1 Å². The van der Waals surface area contributed by atoms with Gasteiger partial charge in [0.1, 0.15) is 18.2 Å². The highest BCUT2D eigenvalue weighted by Crippen LogP contribution is 2.25. The molecule has 128 valence electrons. The van der Waals surface area contributed by atoms with Crippen LogP contribution in [0.1, 0.15) is 11.1 Å². The van der Waals surface area contributed by atoms with Crippen molar-refractivity contribution in [1.29, 1.82) is 0 Å². The van der Waals surface area contributed by atoms with E-state index in [0.717, 1.165) is 27.0 Å². The summed E-state index contributed by atoms with van der Waals surface area (Å²) >= 11 is 9.54. The average molecular weight is 421 g/mol. The lowest BCUT2D eigenvalue weighted by atomic mass is 10.2. The normalized spacial score (nSPS) is 10.5. The van der Waals surface area contributed by atoms with Crippen LogP contribution in [0.5, 0.6) is 5.75 Å². The van der Waals surface area contributed by atoms with Gasteiger partial charge in [-0.15, -0.1) is 0 Å². The maximum absolute atomic E-state index is 13.3. The molecule has 0 heterocycles. The molecule has 0 atom stereocenters. The standard InChI is InChI=1S/C20H16BrClFNO/c21-16-4-7-19(8-5-16)24-12-15-11-17(22)6-9-20(15)25-13-14-2-1-3-18(23)10-14/h1-11,24H,12-13H2. The van der Waals surface area contributed by atoms with Gasteiger partial charge in [-0.1, -0.05) is 39.7 Å². The van der Waals surface area contributed by atoms with E-state index in [1.54, 1.807) is 12.1 Å². The van der Waals surface area contributed by atoms with Crippen LogP contribution in [0.25, 0.3) is 0 Å². The molecule has 0 aliphatic carbocycles. The van der Waals surface area contributed by atoms with Crippen LogP contribution in [0, 0.1) is 5.82 Å². The number of hydrogen-bond donors (Lipinski definition) is 1.